The number of rotatable bonds is 8. The van der Waals surface area contributed by atoms with Crippen molar-refractivity contribution < 1.29 is 14.3 Å². The van der Waals surface area contributed by atoms with Crippen molar-refractivity contribution in [2.75, 3.05) is 50.8 Å². The summed E-state index contributed by atoms with van der Waals surface area (Å²) in [5, 5.41) is 6.03. The van der Waals surface area contributed by atoms with E-state index >= 15 is 0 Å². The van der Waals surface area contributed by atoms with Gasteiger partial charge >= 0.3 is 0 Å². The Kier molecular flexibility index (Phi) is 8.19. The smallest absolute Gasteiger partial charge is 0.251 e. The van der Waals surface area contributed by atoms with Crippen LogP contribution < -0.4 is 15.5 Å². The van der Waals surface area contributed by atoms with E-state index in [1.54, 1.807) is 0 Å². The maximum absolute atomic E-state index is 12.7. The molecular formula is C27H36N4O3. The highest BCUT2D eigenvalue weighted by atomic mass is 16.5. The Balaban J connectivity index is 1.23. The van der Waals surface area contributed by atoms with E-state index in [9.17, 15) is 9.59 Å². The molecule has 0 aliphatic carbocycles. The first-order valence-corrected chi connectivity index (χ1v) is 12.4. The highest BCUT2D eigenvalue weighted by Crippen LogP contribution is 2.20. The Morgan fingerprint density at radius 2 is 1.65 bits per heavy atom. The van der Waals surface area contributed by atoms with Gasteiger partial charge in [-0.15, -0.1) is 0 Å². The second kappa shape index (κ2) is 11.5. The van der Waals surface area contributed by atoms with Gasteiger partial charge in [0, 0.05) is 62.1 Å². The monoisotopic (exact) mass is 464 g/mol. The van der Waals surface area contributed by atoms with Crippen molar-refractivity contribution in [3.05, 3.63) is 64.7 Å². The van der Waals surface area contributed by atoms with Gasteiger partial charge in [-0.05, 0) is 67.3 Å². The third-order valence-corrected chi connectivity index (χ3v) is 6.77. The summed E-state index contributed by atoms with van der Waals surface area (Å²) in [6, 6.07) is 14.0. The number of nitrogens with zero attached hydrogens (tertiary/aromatic N) is 2. The van der Waals surface area contributed by atoms with Crippen molar-refractivity contribution in [1.82, 2.24) is 15.5 Å². The molecule has 0 saturated carbocycles. The normalized spacial score (nSPS) is 17.1. The van der Waals surface area contributed by atoms with E-state index in [1.807, 2.05) is 49.4 Å². The van der Waals surface area contributed by atoms with Crippen molar-refractivity contribution in [3.8, 4) is 0 Å². The molecule has 2 heterocycles. The molecule has 2 amide bonds. The number of nitrogens with one attached hydrogen (secondary N) is 2. The fourth-order valence-corrected chi connectivity index (χ4v) is 4.56. The molecule has 7 heteroatoms. The van der Waals surface area contributed by atoms with Crippen LogP contribution in [-0.2, 0) is 17.8 Å². The van der Waals surface area contributed by atoms with Gasteiger partial charge in [0.15, 0.2) is 0 Å². The van der Waals surface area contributed by atoms with Crippen LogP contribution in [0.4, 0.5) is 5.69 Å². The summed E-state index contributed by atoms with van der Waals surface area (Å²) < 4.78 is 5.48. The SMILES string of the molecule is CCCNC(=O)c1ccc(N2CCN(C(C)CNC(=O)c3ccc4c(c3)CCOC4)CC2)cc1. The van der Waals surface area contributed by atoms with Crippen molar-refractivity contribution in [1.29, 1.82) is 0 Å². The van der Waals surface area contributed by atoms with Crippen LogP contribution in [0.25, 0.3) is 0 Å². The Labute approximate surface area is 202 Å². The zero-order valence-corrected chi connectivity index (χ0v) is 20.3. The summed E-state index contributed by atoms with van der Waals surface area (Å²) in [4.78, 5) is 29.6. The van der Waals surface area contributed by atoms with Crippen LogP contribution >= 0.6 is 0 Å². The maximum Gasteiger partial charge on any atom is 0.251 e. The van der Waals surface area contributed by atoms with E-state index in [1.165, 1.54) is 11.1 Å². The molecule has 2 aliphatic heterocycles. The molecule has 4 rings (SSSR count). The van der Waals surface area contributed by atoms with Crippen molar-refractivity contribution in [2.24, 2.45) is 0 Å². The van der Waals surface area contributed by atoms with Crippen molar-refractivity contribution in [2.45, 2.75) is 39.3 Å². The Hall–Kier alpha value is -2.90. The van der Waals surface area contributed by atoms with Gasteiger partial charge in [0.2, 0.25) is 0 Å². The van der Waals surface area contributed by atoms with Gasteiger partial charge in [0.25, 0.3) is 11.8 Å². The summed E-state index contributed by atoms with van der Waals surface area (Å²) in [6.07, 6.45) is 1.80. The lowest BCUT2D eigenvalue weighted by Crippen LogP contribution is -2.52. The predicted octanol–water partition coefficient (Wildman–Crippen LogP) is 2.84. The molecule has 0 radical (unpaired) electrons. The summed E-state index contributed by atoms with van der Waals surface area (Å²) >= 11 is 0. The molecule has 2 aliphatic rings. The number of hydrogen-bond acceptors (Lipinski definition) is 5. The number of piperazine rings is 1. The van der Waals surface area contributed by atoms with Crippen LogP contribution in [0.15, 0.2) is 42.5 Å². The first-order chi connectivity index (χ1) is 16.5. The second-order valence-corrected chi connectivity index (χ2v) is 9.17. The molecule has 1 atom stereocenters. The number of fused-ring (bicyclic) bond motifs is 1. The first-order valence-electron chi connectivity index (χ1n) is 12.4. The van der Waals surface area contributed by atoms with Crippen molar-refractivity contribution in [3.63, 3.8) is 0 Å². The fourth-order valence-electron chi connectivity index (χ4n) is 4.56. The average Bonchev–Trinajstić information content (AvgIpc) is 2.90. The molecule has 2 N–H and O–H groups in total. The van der Waals surface area contributed by atoms with E-state index in [-0.39, 0.29) is 17.9 Å². The van der Waals surface area contributed by atoms with E-state index in [0.29, 0.717) is 25.3 Å². The summed E-state index contributed by atoms with van der Waals surface area (Å²) in [5.41, 5.74) is 4.98. The van der Waals surface area contributed by atoms with Crippen LogP contribution in [0, 0.1) is 0 Å². The maximum atomic E-state index is 12.7. The molecule has 0 spiro atoms. The summed E-state index contributed by atoms with van der Waals surface area (Å²) in [6.45, 7) is 10.6. The second-order valence-electron chi connectivity index (χ2n) is 9.17. The highest BCUT2D eigenvalue weighted by molar-refractivity contribution is 5.95. The molecule has 1 saturated heterocycles. The number of amides is 2. The molecule has 0 aromatic heterocycles. The molecule has 1 unspecified atom stereocenters. The van der Waals surface area contributed by atoms with Crippen LogP contribution in [0.1, 0.15) is 52.1 Å². The van der Waals surface area contributed by atoms with Gasteiger partial charge in [-0.1, -0.05) is 13.0 Å². The summed E-state index contributed by atoms with van der Waals surface area (Å²) in [5.74, 6) is -0.0265. The molecule has 2 aromatic carbocycles. The average molecular weight is 465 g/mol. The van der Waals surface area contributed by atoms with E-state index in [0.717, 1.165) is 56.9 Å². The Morgan fingerprint density at radius 3 is 2.38 bits per heavy atom. The number of benzene rings is 2. The minimum Gasteiger partial charge on any atom is -0.376 e. The standard InChI is InChI=1S/C27H36N4O3/c1-3-11-28-26(32)21-6-8-25(9-7-21)31-14-12-30(13-15-31)20(2)18-29-27(33)23-4-5-24-19-34-16-10-22(24)17-23/h4-9,17,20H,3,10-16,18-19H2,1-2H3,(H,28,32)(H,29,33). The van der Waals surface area contributed by atoms with Crippen LogP contribution in [-0.4, -0.2) is 68.6 Å². The fraction of sp³-hybridized carbons (Fsp3) is 0.481. The van der Waals surface area contributed by atoms with Gasteiger partial charge in [0.05, 0.1) is 13.2 Å². The van der Waals surface area contributed by atoms with E-state index in [2.05, 4.69) is 27.4 Å². The molecule has 2 aromatic rings. The molecule has 1 fully saturated rings. The highest BCUT2D eigenvalue weighted by Gasteiger charge is 2.22. The van der Waals surface area contributed by atoms with Gasteiger partial charge in [-0.3, -0.25) is 14.5 Å². The van der Waals surface area contributed by atoms with Crippen molar-refractivity contribution >= 4 is 17.5 Å². The van der Waals surface area contributed by atoms with Gasteiger partial charge in [-0.25, -0.2) is 0 Å². The molecule has 7 nitrogen and oxygen atoms in total. The molecular weight excluding hydrogens is 428 g/mol. The lowest BCUT2D eigenvalue weighted by molar-refractivity contribution is 0.0930. The topological polar surface area (TPSA) is 73.9 Å². The molecule has 34 heavy (non-hydrogen) atoms. The summed E-state index contributed by atoms with van der Waals surface area (Å²) in [7, 11) is 0. The lowest BCUT2D eigenvalue weighted by atomic mass is 10.00. The number of carbonyl (C=O) groups is 2. The minimum absolute atomic E-state index is 0.0113. The zero-order valence-electron chi connectivity index (χ0n) is 20.3. The Morgan fingerprint density at radius 1 is 0.941 bits per heavy atom. The number of anilines is 1. The van der Waals surface area contributed by atoms with Crippen LogP contribution in [0.3, 0.4) is 0 Å². The lowest BCUT2D eigenvalue weighted by Gasteiger charge is -2.39. The van der Waals surface area contributed by atoms with Crippen LogP contribution in [0.5, 0.6) is 0 Å². The number of hydrogen-bond donors (Lipinski definition) is 2. The van der Waals surface area contributed by atoms with Gasteiger partial charge < -0.3 is 20.3 Å². The third kappa shape index (κ3) is 5.96. The van der Waals surface area contributed by atoms with Gasteiger partial charge in [0.1, 0.15) is 0 Å². The Bertz CT molecular complexity index is 984. The van der Waals surface area contributed by atoms with E-state index < -0.39 is 0 Å². The third-order valence-electron chi connectivity index (χ3n) is 6.77. The van der Waals surface area contributed by atoms with Crippen LogP contribution in [0.2, 0.25) is 0 Å². The zero-order chi connectivity index (χ0) is 23.9. The molecule has 182 valence electrons. The van der Waals surface area contributed by atoms with Gasteiger partial charge in [-0.2, -0.15) is 0 Å². The predicted molar refractivity (Wildman–Crippen MR) is 134 cm³/mol. The largest absolute Gasteiger partial charge is 0.376 e. The van der Waals surface area contributed by atoms with E-state index in [4.69, 9.17) is 4.74 Å². The quantitative estimate of drug-likeness (QED) is 0.629. The number of carbonyl (C=O) groups excluding carboxylic acids is 2. The first kappa shape index (κ1) is 24.2. The number of ether oxygens (including phenoxy) is 1. The minimum atomic E-state index is -0.0153. The molecule has 0 bridgehead atoms.